The summed E-state index contributed by atoms with van der Waals surface area (Å²) in [4.78, 5) is 14.2. The molecule has 0 radical (unpaired) electrons. The van der Waals surface area contributed by atoms with Gasteiger partial charge >= 0.3 is 0 Å². The molecule has 0 N–H and O–H groups in total. The Hall–Kier alpha value is -1.81. The summed E-state index contributed by atoms with van der Waals surface area (Å²) in [7, 11) is 0. The molecule has 98 valence electrons. The van der Waals surface area contributed by atoms with Crippen molar-refractivity contribution >= 4 is 17.5 Å². The first-order valence-electron chi connectivity index (χ1n) is 6.26. The Balaban J connectivity index is 1.71. The Morgan fingerprint density at radius 3 is 2.95 bits per heavy atom. The van der Waals surface area contributed by atoms with Gasteiger partial charge in [-0.15, -0.1) is 0 Å². The molecule has 19 heavy (non-hydrogen) atoms. The van der Waals surface area contributed by atoms with E-state index in [4.69, 9.17) is 11.6 Å². The number of nitrogens with zero attached hydrogens (tertiary/aromatic N) is 3. The summed E-state index contributed by atoms with van der Waals surface area (Å²) >= 11 is 6.09. The Bertz CT molecular complexity index is 608. The molecule has 0 bridgehead atoms. The van der Waals surface area contributed by atoms with Crippen LogP contribution >= 0.6 is 11.6 Å². The lowest BCUT2D eigenvalue weighted by Crippen LogP contribution is -2.39. The highest BCUT2D eigenvalue weighted by atomic mass is 35.5. The summed E-state index contributed by atoms with van der Waals surface area (Å²) in [5, 5.41) is 4.86. The smallest absolute Gasteiger partial charge is 0.227 e. The molecule has 0 spiro atoms. The third kappa shape index (κ3) is 2.49. The summed E-state index contributed by atoms with van der Waals surface area (Å²) in [5.41, 5.74) is 1.96. The number of halogens is 1. The van der Waals surface area contributed by atoms with Crippen molar-refractivity contribution in [3.63, 3.8) is 0 Å². The maximum Gasteiger partial charge on any atom is 0.227 e. The van der Waals surface area contributed by atoms with E-state index >= 15 is 0 Å². The number of hydrogen-bond acceptors (Lipinski definition) is 2. The van der Waals surface area contributed by atoms with Crippen LogP contribution in [0, 0.1) is 0 Å². The van der Waals surface area contributed by atoms with Gasteiger partial charge in [-0.25, -0.2) is 0 Å². The summed E-state index contributed by atoms with van der Waals surface area (Å²) < 4.78 is 1.94. The first-order chi connectivity index (χ1) is 9.24. The van der Waals surface area contributed by atoms with Crippen LogP contribution in [-0.4, -0.2) is 27.1 Å². The predicted octanol–water partition coefficient (Wildman–Crippen LogP) is 2.12. The second-order valence-corrected chi connectivity index (χ2v) is 5.04. The maximum atomic E-state index is 12.3. The summed E-state index contributed by atoms with van der Waals surface area (Å²) in [6.07, 6.45) is 2.13. The van der Waals surface area contributed by atoms with Crippen LogP contribution in [0.2, 0.25) is 5.02 Å². The van der Waals surface area contributed by atoms with Crippen molar-refractivity contribution in [3.05, 3.63) is 52.8 Å². The quantitative estimate of drug-likeness (QED) is 0.842. The third-order valence-corrected chi connectivity index (χ3v) is 3.76. The van der Waals surface area contributed by atoms with Crippen LogP contribution in [0.25, 0.3) is 0 Å². The minimum atomic E-state index is 0.112. The summed E-state index contributed by atoms with van der Waals surface area (Å²) in [6.45, 7) is 2.10. The second kappa shape index (κ2) is 5.05. The molecule has 0 saturated carbocycles. The number of benzene rings is 1. The molecule has 0 unspecified atom stereocenters. The molecule has 1 aliphatic rings. The van der Waals surface area contributed by atoms with Gasteiger partial charge in [-0.1, -0.05) is 29.8 Å². The summed E-state index contributed by atoms with van der Waals surface area (Å²) in [6, 6.07) is 9.44. The van der Waals surface area contributed by atoms with E-state index in [1.54, 1.807) is 6.20 Å². The number of rotatable bonds is 2. The number of fused-ring (bicyclic) bond motifs is 1. The molecule has 0 saturated heterocycles. The highest BCUT2D eigenvalue weighted by Gasteiger charge is 2.21. The number of carbonyl (C=O) groups excluding carboxylic acids is 1. The molecule has 1 amide bonds. The molecule has 5 heteroatoms. The van der Waals surface area contributed by atoms with E-state index in [0.717, 1.165) is 17.8 Å². The van der Waals surface area contributed by atoms with Gasteiger partial charge in [0.15, 0.2) is 0 Å². The first-order valence-corrected chi connectivity index (χ1v) is 6.64. The van der Waals surface area contributed by atoms with Crippen molar-refractivity contribution in [2.45, 2.75) is 19.5 Å². The zero-order valence-electron chi connectivity index (χ0n) is 10.4. The van der Waals surface area contributed by atoms with Gasteiger partial charge in [-0.2, -0.15) is 5.10 Å². The van der Waals surface area contributed by atoms with Gasteiger partial charge in [-0.05, 0) is 17.7 Å². The van der Waals surface area contributed by atoms with Crippen LogP contribution in [-0.2, 0) is 24.3 Å². The Morgan fingerprint density at radius 2 is 2.11 bits per heavy atom. The monoisotopic (exact) mass is 275 g/mol. The average Bonchev–Trinajstić information content (AvgIpc) is 2.88. The minimum absolute atomic E-state index is 0.112. The van der Waals surface area contributed by atoms with Crippen LogP contribution in [0.4, 0.5) is 0 Å². The first kappa shape index (κ1) is 12.2. The van der Waals surface area contributed by atoms with Gasteiger partial charge in [0.1, 0.15) is 0 Å². The fourth-order valence-corrected chi connectivity index (χ4v) is 2.52. The molecular formula is C14H14ClN3O. The molecule has 3 rings (SSSR count). The van der Waals surface area contributed by atoms with Gasteiger partial charge in [-0.3, -0.25) is 9.48 Å². The summed E-state index contributed by atoms with van der Waals surface area (Å²) in [5.74, 6) is 0.112. The van der Waals surface area contributed by atoms with Crippen molar-refractivity contribution in [1.82, 2.24) is 14.7 Å². The molecule has 1 aromatic carbocycles. The SMILES string of the molecule is O=C(Cc1ccccc1Cl)N1CCn2nccc2C1. The van der Waals surface area contributed by atoms with Crippen molar-refractivity contribution in [2.24, 2.45) is 0 Å². The molecule has 0 fully saturated rings. The molecule has 2 aromatic rings. The maximum absolute atomic E-state index is 12.3. The molecule has 0 aliphatic carbocycles. The van der Waals surface area contributed by atoms with Crippen LogP contribution in [0.3, 0.4) is 0 Å². The van der Waals surface area contributed by atoms with Crippen LogP contribution in [0.1, 0.15) is 11.3 Å². The van der Waals surface area contributed by atoms with Gasteiger partial charge in [0.2, 0.25) is 5.91 Å². The lowest BCUT2D eigenvalue weighted by Gasteiger charge is -2.27. The lowest BCUT2D eigenvalue weighted by molar-refractivity contribution is -0.132. The fraction of sp³-hybridized carbons (Fsp3) is 0.286. The predicted molar refractivity (Wildman–Crippen MR) is 72.8 cm³/mol. The van der Waals surface area contributed by atoms with E-state index in [-0.39, 0.29) is 5.91 Å². The van der Waals surface area contributed by atoms with Gasteiger partial charge in [0, 0.05) is 17.8 Å². The zero-order chi connectivity index (χ0) is 13.2. The van der Waals surface area contributed by atoms with Crippen LogP contribution in [0.5, 0.6) is 0 Å². The fourth-order valence-electron chi connectivity index (χ4n) is 2.32. The largest absolute Gasteiger partial charge is 0.335 e. The zero-order valence-corrected chi connectivity index (χ0v) is 11.2. The molecular weight excluding hydrogens is 262 g/mol. The Morgan fingerprint density at radius 1 is 1.26 bits per heavy atom. The number of amides is 1. The molecule has 1 aliphatic heterocycles. The lowest BCUT2D eigenvalue weighted by atomic mass is 10.1. The third-order valence-electron chi connectivity index (χ3n) is 3.39. The van der Waals surface area contributed by atoms with E-state index in [9.17, 15) is 4.79 Å². The van der Waals surface area contributed by atoms with Crippen LogP contribution in [0.15, 0.2) is 36.5 Å². The molecule has 0 atom stereocenters. The van der Waals surface area contributed by atoms with Crippen molar-refractivity contribution in [3.8, 4) is 0 Å². The van der Waals surface area contributed by atoms with Gasteiger partial charge in [0.25, 0.3) is 0 Å². The second-order valence-electron chi connectivity index (χ2n) is 4.63. The Labute approximate surface area is 116 Å². The molecule has 4 nitrogen and oxygen atoms in total. The van der Waals surface area contributed by atoms with E-state index in [2.05, 4.69) is 5.10 Å². The van der Waals surface area contributed by atoms with Crippen LogP contribution < -0.4 is 0 Å². The topological polar surface area (TPSA) is 38.1 Å². The highest BCUT2D eigenvalue weighted by Crippen LogP contribution is 2.18. The van der Waals surface area contributed by atoms with Gasteiger partial charge in [0.05, 0.1) is 25.2 Å². The molecule has 2 heterocycles. The van der Waals surface area contributed by atoms with Crippen molar-refractivity contribution < 1.29 is 4.79 Å². The van der Waals surface area contributed by atoms with Gasteiger partial charge < -0.3 is 4.90 Å². The Kier molecular flexibility index (Phi) is 3.25. The highest BCUT2D eigenvalue weighted by molar-refractivity contribution is 6.31. The average molecular weight is 276 g/mol. The minimum Gasteiger partial charge on any atom is -0.335 e. The van der Waals surface area contributed by atoms with Crippen molar-refractivity contribution in [1.29, 1.82) is 0 Å². The standard InChI is InChI=1S/C14H14ClN3O/c15-13-4-2-1-3-11(13)9-14(19)17-7-8-18-12(10-17)5-6-16-18/h1-6H,7-10H2. The van der Waals surface area contributed by atoms with E-state index < -0.39 is 0 Å². The molecule has 1 aromatic heterocycles. The van der Waals surface area contributed by atoms with E-state index in [1.165, 1.54) is 0 Å². The number of carbonyl (C=O) groups is 1. The number of hydrogen-bond donors (Lipinski definition) is 0. The van der Waals surface area contributed by atoms with Crippen molar-refractivity contribution in [2.75, 3.05) is 6.54 Å². The number of aromatic nitrogens is 2. The normalized spacial score (nSPS) is 14.3. The van der Waals surface area contributed by atoms with E-state index in [1.807, 2.05) is 39.9 Å². The van der Waals surface area contributed by atoms with E-state index in [0.29, 0.717) is 24.5 Å².